The SMILES string of the molecule is O=c1n(-c2ccc(-c3c4ccccc4c(-c4ccccc4-c4ccccc4)c4ccccc34)cc2)c2ccccc2n1-c1cccc(-c2ccccc2)c1. The second-order valence-electron chi connectivity index (χ2n) is 13.7. The lowest BCUT2D eigenvalue weighted by molar-refractivity contribution is 0.931. The van der Waals surface area contributed by atoms with E-state index in [2.05, 4.69) is 152 Å². The summed E-state index contributed by atoms with van der Waals surface area (Å²) in [5.41, 5.74) is 12.6. The highest BCUT2D eigenvalue weighted by Gasteiger charge is 2.20. The van der Waals surface area contributed by atoms with E-state index in [1.807, 2.05) is 63.7 Å². The molecule has 3 nitrogen and oxygen atoms in total. The molecule has 0 saturated heterocycles. The monoisotopic (exact) mass is 690 g/mol. The largest absolute Gasteiger partial charge is 0.338 e. The fourth-order valence-electron chi connectivity index (χ4n) is 8.18. The fourth-order valence-corrected chi connectivity index (χ4v) is 8.18. The molecule has 0 amide bonds. The van der Waals surface area contributed by atoms with Gasteiger partial charge in [0.05, 0.1) is 22.4 Å². The third-order valence-corrected chi connectivity index (χ3v) is 10.6. The molecular formula is C51H34N2O. The Labute approximate surface area is 313 Å². The van der Waals surface area contributed by atoms with Crippen LogP contribution in [0.3, 0.4) is 0 Å². The minimum absolute atomic E-state index is 0.105. The predicted octanol–water partition coefficient (Wildman–Crippen LogP) is 12.8. The van der Waals surface area contributed by atoms with Crippen LogP contribution in [0.15, 0.2) is 211 Å². The van der Waals surface area contributed by atoms with E-state index in [-0.39, 0.29) is 5.69 Å². The maximum Gasteiger partial charge on any atom is 0.338 e. The highest BCUT2D eigenvalue weighted by Crippen LogP contribution is 2.46. The van der Waals surface area contributed by atoms with Gasteiger partial charge in [-0.2, -0.15) is 0 Å². The lowest BCUT2D eigenvalue weighted by Gasteiger charge is -2.19. The Bertz CT molecular complexity index is 2990. The Kier molecular flexibility index (Phi) is 7.63. The topological polar surface area (TPSA) is 26.9 Å². The van der Waals surface area contributed by atoms with Gasteiger partial charge in [-0.15, -0.1) is 0 Å². The molecular weight excluding hydrogens is 657 g/mol. The fraction of sp³-hybridized carbons (Fsp3) is 0. The average Bonchev–Trinajstić information content (AvgIpc) is 3.55. The molecule has 1 aromatic heterocycles. The maximum atomic E-state index is 14.5. The van der Waals surface area contributed by atoms with Crippen LogP contribution in [-0.2, 0) is 0 Å². The van der Waals surface area contributed by atoms with Crippen molar-refractivity contribution in [2.24, 2.45) is 0 Å². The first kappa shape index (κ1) is 31.5. The van der Waals surface area contributed by atoms with E-state index in [1.54, 1.807) is 0 Å². The van der Waals surface area contributed by atoms with Crippen LogP contribution in [0.4, 0.5) is 0 Å². The summed E-state index contributed by atoms with van der Waals surface area (Å²) >= 11 is 0. The van der Waals surface area contributed by atoms with Crippen LogP contribution in [0.2, 0.25) is 0 Å². The zero-order valence-electron chi connectivity index (χ0n) is 29.4. The molecule has 0 unspecified atom stereocenters. The molecule has 0 atom stereocenters. The number of hydrogen-bond acceptors (Lipinski definition) is 1. The van der Waals surface area contributed by atoms with Crippen molar-refractivity contribution in [3.8, 4) is 55.9 Å². The average molecular weight is 691 g/mol. The van der Waals surface area contributed by atoms with Crippen LogP contribution in [0.1, 0.15) is 0 Å². The van der Waals surface area contributed by atoms with E-state index in [4.69, 9.17) is 0 Å². The number of imidazole rings is 1. The van der Waals surface area contributed by atoms with Crippen LogP contribution >= 0.6 is 0 Å². The minimum Gasteiger partial charge on any atom is -0.260 e. The number of para-hydroxylation sites is 2. The summed E-state index contributed by atoms with van der Waals surface area (Å²) in [5, 5.41) is 4.79. The van der Waals surface area contributed by atoms with E-state index in [1.165, 1.54) is 49.4 Å². The molecule has 0 aliphatic heterocycles. The quantitative estimate of drug-likeness (QED) is 0.160. The molecule has 0 saturated carbocycles. The van der Waals surface area contributed by atoms with Gasteiger partial charge in [0, 0.05) is 0 Å². The lowest BCUT2D eigenvalue weighted by Crippen LogP contribution is -2.22. The molecule has 10 rings (SSSR count). The van der Waals surface area contributed by atoms with Gasteiger partial charge in [-0.25, -0.2) is 4.79 Å². The van der Waals surface area contributed by atoms with Crippen LogP contribution in [0.5, 0.6) is 0 Å². The highest BCUT2D eigenvalue weighted by molar-refractivity contribution is 6.22. The van der Waals surface area contributed by atoms with Crippen molar-refractivity contribution in [2.45, 2.75) is 0 Å². The van der Waals surface area contributed by atoms with Crippen molar-refractivity contribution < 1.29 is 0 Å². The van der Waals surface area contributed by atoms with Crippen molar-refractivity contribution in [1.29, 1.82) is 0 Å². The molecule has 3 heteroatoms. The van der Waals surface area contributed by atoms with Gasteiger partial charge in [0.1, 0.15) is 0 Å². The minimum atomic E-state index is -0.105. The summed E-state index contributed by atoms with van der Waals surface area (Å²) in [6, 6.07) is 71.9. The number of aromatic nitrogens is 2. The number of benzene rings is 9. The molecule has 0 N–H and O–H groups in total. The first-order valence-electron chi connectivity index (χ1n) is 18.3. The predicted molar refractivity (Wildman–Crippen MR) is 226 cm³/mol. The second-order valence-corrected chi connectivity index (χ2v) is 13.7. The number of fused-ring (bicyclic) bond motifs is 3. The van der Waals surface area contributed by atoms with Gasteiger partial charge in [-0.3, -0.25) is 9.13 Å². The molecule has 0 aliphatic rings. The highest BCUT2D eigenvalue weighted by atomic mass is 16.1. The summed E-state index contributed by atoms with van der Waals surface area (Å²) < 4.78 is 3.65. The molecule has 0 fully saturated rings. The number of nitrogens with zero attached hydrogens (tertiary/aromatic N) is 2. The third-order valence-electron chi connectivity index (χ3n) is 10.6. The van der Waals surface area contributed by atoms with E-state index in [0.29, 0.717) is 0 Å². The Morgan fingerprint density at radius 3 is 1.37 bits per heavy atom. The molecule has 9 aromatic carbocycles. The number of hydrogen-bond donors (Lipinski definition) is 0. The standard InChI is InChI=1S/C51H34N2O/c54-51-52(47-28-13-14-29-48(47)53(51)40-21-15-20-38(34-40)35-16-3-1-4-17-35)39-32-30-37(31-33-39)49-43-24-9-11-26-45(43)50(46-27-12-10-25-44(46)49)42-23-8-7-22-41(42)36-18-5-2-6-19-36/h1-34H. The van der Waals surface area contributed by atoms with Crippen LogP contribution in [-0.4, -0.2) is 9.13 Å². The maximum absolute atomic E-state index is 14.5. The summed E-state index contributed by atoms with van der Waals surface area (Å²) in [5.74, 6) is 0. The summed E-state index contributed by atoms with van der Waals surface area (Å²) in [4.78, 5) is 14.5. The Hall–Kier alpha value is -7.23. The zero-order chi connectivity index (χ0) is 36.0. The lowest BCUT2D eigenvalue weighted by atomic mass is 9.84. The summed E-state index contributed by atoms with van der Waals surface area (Å²) in [7, 11) is 0. The zero-order valence-corrected chi connectivity index (χ0v) is 29.4. The summed E-state index contributed by atoms with van der Waals surface area (Å²) in [6.07, 6.45) is 0. The van der Waals surface area contributed by atoms with Gasteiger partial charge >= 0.3 is 5.69 Å². The third kappa shape index (κ3) is 5.17. The Balaban J connectivity index is 1.13. The van der Waals surface area contributed by atoms with Gasteiger partial charge in [0.25, 0.3) is 0 Å². The van der Waals surface area contributed by atoms with Crippen LogP contribution in [0.25, 0.3) is 88.5 Å². The molecule has 10 aromatic rings. The van der Waals surface area contributed by atoms with Gasteiger partial charge in [0.15, 0.2) is 0 Å². The van der Waals surface area contributed by atoms with Crippen molar-refractivity contribution in [2.75, 3.05) is 0 Å². The van der Waals surface area contributed by atoms with Crippen molar-refractivity contribution in [1.82, 2.24) is 9.13 Å². The molecule has 0 bridgehead atoms. The van der Waals surface area contributed by atoms with Gasteiger partial charge < -0.3 is 0 Å². The molecule has 1 heterocycles. The molecule has 0 radical (unpaired) electrons. The van der Waals surface area contributed by atoms with Crippen molar-refractivity contribution >= 4 is 32.6 Å². The Morgan fingerprint density at radius 1 is 0.296 bits per heavy atom. The first-order chi connectivity index (χ1) is 26.7. The van der Waals surface area contributed by atoms with Gasteiger partial charge in [-0.1, -0.05) is 170 Å². The van der Waals surface area contributed by atoms with Crippen LogP contribution < -0.4 is 5.69 Å². The molecule has 254 valence electrons. The smallest absolute Gasteiger partial charge is 0.260 e. The van der Waals surface area contributed by atoms with Crippen molar-refractivity contribution in [3.63, 3.8) is 0 Å². The summed E-state index contributed by atoms with van der Waals surface area (Å²) in [6.45, 7) is 0. The Morgan fingerprint density at radius 2 is 0.759 bits per heavy atom. The van der Waals surface area contributed by atoms with E-state index in [0.717, 1.165) is 39.1 Å². The van der Waals surface area contributed by atoms with Crippen molar-refractivity contribution in [3.05, 3.63) is 217 Å². The number of rotatable bonds is 6. The molecule has 54 heavy (non-hydrogen) atoms. The molecule has 0 spiro atoms. The second kappa shape index (κ2) is 13.1. The molecule has 0 aliphatic carbocycles. The first-order valence-corrected chi connectivity index (χ1v) is 18.3. The normalized spacial score (nSPS) is 11.4. The van der Waals surface area contributed by atoms with E-state index in [9.17, 15) is 4.79 Å². The van der Waals surface area contributed by atoms with Gasteiger partial charge in [0.2, 0.25) is 0 Å². The van der Waals surface area contributed by atoms with E-state index >= 15 is 0 Å². The van der Waals surface area contributed by atoms with Gasteiger partial charge in [-0.05, 0) is 102 Å². The van der Waals surface area contributed by atoms with Crippen LogP contribution in [0, 0.1) is 0 Å². The van der Waals surface area contributed by atoms with E-state index < -0.39 is 0 Å².